The second-order valence-electron chi connectivity index (χ2n) is 5.46. The zero-order chi connectivity index (χ0) is 16.4. The maximum atomic E-state index is 12.6. The van der Waals surface area contributed by atoms with Gasteiger partial charge in [-0.3, -0.25) is 0 Å². The molecule has 122 valence electrons. The van der Waals surface area contributed by atoms with Crippen LogP contribution in [0.2, 0.25) is 0 Å². The van der Waals surface area contributed by atoms with Crippen molar-refractivity contribution in [2.75, 3.05) is 20.2 Å². The van der Waals surface area contributed by atoms with E-state index in [1.165, 1.54) is 11.4 Å². The molecule has 1 aliphatic rings. The van der Waals surface area contributed by atoms with E-state index in [1.54, 1.807) is 42.6 Å². The van der Waals surface area contributed by atoms with Gasteiger partial charge in [-0.25, -0.2) is 13.4 Å². The Bertz CT molecular complexity index is 790. The highest BCUT2D eigenvalue weighted by Crippen LogP contribution is 2.28. The summed E-state index contributed by atoms with van der Waals surface area (Å²) in [4.78, 5) is 4.36. The van der Waals surface area contributed by atoms with E-state index in [1.807, 2.05) is 6.92 Å². The van der Waals surface area contributed by atoms with Crippen LogP contribution >= 0.6 is 0 Å². The summed E-state index contributed by atoms with van der Waals surface area (Å²) >= 11 is 0. The van der Waals surface area contributed by atoms with E-state index in [4.69, 9.17) is 9.47 Å². The molecular formula is C16H18N2O4S. The second-order valence-corrected chi connectivity index (χ2v) is 7.50. The number of aromatic nitrogens is 1. The average molecular weight is 334 g/mol. The van der Waals surface area contributed by atoms with E-state index in [0.717, 1.165) is 5.56 Å². The van der Waals surface area contributed by atoms with Gasteiger partial charge in [-0.05, 0) is 31.2 Å². The van der Waals surface area contributed by atoms with Crippen molar-refractivity contribution in [3.05, 3.63) is 48.2 Å². The molecule has 0 fully saturated rings. The highest BCUT2D eigenvalue weighted by atomic mass is 32.2. The summed E-state index contributed by atoms with van der Waals surface area (Å²) in [6.45, 7) is 2.39. The van der Waals surface area contributed by atoms with Crippen molar-refractivity contribution in [1.82, 2.24) is 9.29 Å². The van der Waals surface area contributed by atoms with Gasteiger partial charge in [-0.15, -0.1) is 0 Å². The molecule has 0 spiro atoms. The summed E-state index contributed by atoms with van der Waals surface area (Å²) in [5, 5.41) is 0. The minimum atomic E-state index is -3.56. The van der Waals surface area contributed by atoms with Crippen molar-refractivity contribution in [1.29, 1.82) is 0 Å². The molecule has 0 radical (unpaired) electrons. The van der Waals surface area contributed by atoms with Crippen LogP contribution < -0.4 is 9.47 Å². The summed E-state index contributed by atoms with van der Waals surface area (Å²) in [6, 6.07) is 10.3. The molecular weight excluding hydrogens is 316 g/mol. The first kappa shape index (κ1) is 15.8. The molecule has 0 aliphatic carbocycles. The zero-order valence-corrected chi connectivity index (χ0v) is 13.8. The van der Waals surface area contributed by atoms with Crippen LogP contribution in [-0.2, 0) is 10.0 Å². The number of nitrogens with zero attached hydrogens (tertiary/aromatic N) is 2. The number of rotatable bonds is 4. The Morgan fingerprint density at radius 2 is 2.00 bits per heavy atom. The molecule has 0 N–H and O–H groups in total. The Kier molecular flexibility index (Phi) is 4.23. The normalized spacial score (nSPS) is 17.3. The fraction of sp³-hybridized carbons (Fsp3) is 0.312. The van der Waals surface area contributed by atoms with Crippen LogP contribution in [-0.4, -0.2) is 44.0 Å². The van der Waals surface area contributed by atoms with Crippen LogP contribution in [0.3, 0.4) is 0 Å². The SMILES string of the molecule is Cc1ccc(S(=O)(=O)N(C)CC2COc3cccnc3O2)cc1. The lowest BCUT2D eigenvalue weighted by Gasteiger charge is -2.28. The van der Waals surface area contributed by atoms with Crippen molar-refractivity contribution in [3.8, 4) is 11.6 Å². The lowest BCUT2D eigenvalue weighted by molar-refractivity contribution is 0.0742. The van der Waals surface area contributed by atoms with Gasteiger partial charge in [-0.1, -0.05) is 17.7 Å². The third-order valence-electron chi connectivity index (χ3n) is 3.63. The zero-order valence-electron chi connectivity index (χ0n) is 13.0. The number of fused-ring (bicyclic) bond motifs is 1. The van der Waals surface area contributed by atoms with Gasteiger partial charge in [0.05, 0.1) is 11.4 Å². The third-order valence-corrected chi connectivity index (χ3v) is 5.47. The molecule has 7 heteroatoms. The summed E-state index contributed by atoms with van der Waals surface area (Å²) in [5.41, 5.74) is 1.01. The Balaban J connectivity index is 1.72. The quantitative estimate of drug-likeness (QED) is 0.853. The van der Waals surface area contributed by atoms with E-state index in [0.29, 0.717) is 11.6 Å². The summed E-state index contributed by atoms with van der Waals surface area (Å²) in [6.07, 6.45) is 1.21. The molecule has 2 aromatic rings. The maximum Gasteiger partial charge on any atom is 0.257 e. The molecule has 1 aromatic carbocycles. The molecule has 23 heavy (non-hydrogen) atoms. The van der Waals surface area contributed by atoms with Crippen LogP contribution in [0.1, 0.15) is 5.56 Å². The molecule has 0 saturated heterocycles. The first-order chi connectivity index (χ1) is 11.0. The van der Waals surface area contributed by atoms with Crippen molar-refractivity contribution in [3.63, 3.8) is 0 Å². The van der Waals surface area contributed by atoms with Crippen molar-refractivity contribution in [2.24, 2.45) is 0 Å². The number of benzene rings is 1. The number of ether oxygens (including phenoxy) is 2. The Labute approximate surface area is 135 Å². The van der Waals surface area contributed by atoms with Crippen LogP contribution in [0.4, 0.5) is 0 Å². The number of hydrogen-bond acceptors (Lipinski definition) is 5. The number of sulfonamides is 1. The Morgan fingerprint density at radius 3 is 2.74 bits per heavy atom. The molecule has 0 saturated carbocycles. The third kappa shape index (κ3) is 3.30. The average Bonchev–Trinajstić information content (AvgIpc) is 2.55. The standard InChI is InChI=1S/C16H18N2O4S/c1-12-5-7-14(8-6-12)23(19,20)18(2)10-13-11-21-15-4-3-9-17-16(15)22-13/h3-9,13H,10-11H2,1-2H3. The maximum absolute atomic E-state index is 12.6. The number of hydrogen-bond donors (Lipinski definition) is 0. The molecule has 1 unspecified atom stereocenters. The van der Waals surface area contributed by atoms with Gasteiger partial charge in [0.25, 0.3) is 5.88 Å². The van der Waals surface area contributed by atoms with Gasteiger partial charge in [0.2, 0.25) is 10.0 Å². The van der Waals surface area contributed by atoms with Crippen molar-refractivity contribution < 1.29 is 17.9 Å². The number of aryl methyl sites for hydroxylation is 1. The van der Waals surface area contributed by atoms with Crippen LogP contribution in [0.5, 0.6) is 11.6 Å². The van der Waals surface area contributed by atoms with Gasteiger partial charge >= 0.3 is 0 Å². The van der Waals surface area contributed by atoms with Crippen LogP contribution in [0.25, 0.3) is 0 Å². The first-order valence-electron chi connectivity index (χ1n) is 7.24. The van der Waals surface area contributed by atoms with E-state index in [-0.39, 0.29) is 18.0 Å². The lowest BCUT2D eigenvalue weighted by atomic mass is 10.2. The molecule has 6 nitrogen and oxygen atoms in total. The summed E-state index contributed by atoms with van der Waals surface area (Å²) in [5.74, 6) is 0.970. The highest BCUT2D eigenvalue weighted by molar-refractivity contribution is 7.89. The Morgan fingerprint density at radius 1 is 1.26 bits per heavy atom. The lowest BCUT2D eigenvalue weighted by Crippen LogP contribution is -2.41. The minimum absolute atomic E-state index is 0.187. The predicted octanol–water partition coefficient (Wildman–Crippen LogP) is 1.85. The fourth-order valence-corrected chi connectivity index (χ4v) is 3.52. The number of likely N-dealkylation sites (N-methyl/N-ethyl adjacent to an activating group) is 1. The molecule has 0 bridgehead atoms. The molecule has 1 atom stereocenters. The molecule has 0 amide bonds. The number of pyridine rings is 1. The largest absolute Gasteiger partial charge is 0.484 e. The van der Waals surface area contributed by atoms with Crippen LogP contribution in [0.15, 0.2) is 47.5 Å². The molecule has 2 heterocycles. The van der Waals surface area contributed by atoms with Gasteiger partial charge in [0.15, 0.2) is 5.75 Å². The Hall–Kier alpha value is -2.12. The predicted molar refractivity (Wildman–Crippen MR) is 85.1 cm³/mol. The van der Waals surface area contributed by atoms with Crippen LogP contribution in [0, 0.1) is 6.92 Å². The molecule has 1 aliphatic heterocycles. The minimum Gasteiger partial charge on any atom is -0.484 e. The second kappa shape index (κ2) is 6.17. The summed E-state index contributed by atoms with van der Waals surface area (Å²) in [7, 11) is -2.02. The van der Waals surface area contributed by atoms with E-state index in [2.05, 4.69) is 4.98 Å². The molecule has 3 rings (SSSR count). The van der Waals surface area contributed by atoms with E-state index < -0.39 is 16.1 Å². The summed E-state index contributed by atoms with van der Waals surface area (Å²) < 4.78 is 37.7. The van der Waals surface area contributed by atoms with E-state index >= 15 is 0 Å². The topological polar surface area (TPSA) is 68.7 Å². The van der Waals surface area contributed by atoms with E-state index in [9.17, 15) is 8.42 Å². The smallest absolute Gasteiger partial charge is 0.257 e. The van der Waals surface area contributed by atoms with Gasteiger partial charge in [0.1, 0.15) is 12.7 Å². The van der Waals surface area contributed by atoms with Crippen molar-refractivity contribution >= 4 is 10.0 Å². The van der Waals surface area contributed by atoms with Crippen molar-refractivity contribution in [2.45, 2.75) is 17.9 Å². The van der Waals surface area contributed by atoms with Gasteiger partial charge in [0, 0.05) is 13.2 Å². The molecule has 1 aromatic heterocycles. The van der Waals surface area contributed by atoms with Gasteiger partial charge in [-0.2, -0.15) is 4.31 Å². The van der Waals surface area contributed by atoms with Gasteiger partial charge < -0.3 is 9.47 Å². The highest BCUT2D eigenvalue weighted by Gasteiger charge is 2.28. The monoisotopic (exact) mass is 334 g/mol. The first-order valence-corrected chi connectivity index (χ1v) is 8.68. The fourth-order valence-electron chi connectivity index (χ4n) is 2.31.